The molecule has 0 spiro atoms. The van der Waals surface area contributed by atoms with E-state index >= 15 is 0 Å². The van der Waals surface area contributed by atoms with Crippen molar-refractivity contribution in [1.82, 2.24) is 0 Å². The average Bonchev–Trinajstić information content (AvgIpc) is 2.31. The van der Waals surface area contributed by atoms with Gasteiger partial charge in [-0.15, -0.1) is 11.3 Å². The smallest absolute Gasteiger partial charge is 0.128 e. The van der Waals surface area contributed by atoms with Crippen LogP contribution in [0.25, 0.3) is 0 Å². The van der Waals surface area contributed by atoms with Crippen LogP contribution in [0.3, 0.4) is 0 Å². The number of rotatable bonds is 1. The number of nitrogens with zero attached hydrogens (tertiary/aromatic N) is 1. The lowest BCUT2D eigenvalue weighted by Crippen LogP contribution is -2.04. The summed E-state index contributed by atoms with van der Waals surface area (Å²) >= 11 is 1.60. The second-order valence-corrected chi connectivity index (χ2v) is 3.78. The quantitative estimate of drug-likeness (QED) is 0.692. The van der Waals surface area contributed by atoms with Gasteiger partial charge in [0.2, 0.25) is 0 Å². The van der Waals surface area contributed by atoms with Gasteiger partial charge in [0.15, 0.2) is 0 Å². The minimum atomic E-state index is -0.451. The van der Waals surface area contributed by atoms with Crippen LogP contribution < -0.4 is 5.73 Å². The number of aryl methyl sites for hydroxylation is 2. The Bertz CT molecular complexity index is 276. The summed E-state index contributed by atoms with van der Waals surface area (Å²) in [7, 11) is 0. The molecule has 1 unspecified atom stereocenters. The molecule has 11 heavy (non-hydrogen) atoms. The summed E-state index contributed by atoms with van der Waals surface area (Å²) in [6.45, 7) is 4.06. The van der Waals surface area contributed by atoms with Gasteiger partial charge in [0.25, 0.3) is 0 Å². The lowest BCUT2D eigenvalue weighted by atomic mass is 10.2. The summed E-state index contributed by atoms with van der Waals surface area (Å²) in [6, 6.07) is 3.54. The molecule has 1 aromatic rings. The predicted octanol–water partition coefficient (Wildman–Crippen LogP) is 1.89. The van der Waals surface area contributed by atoms with E-state index in [4.69, 9.17) is 11.0 Å². The van der Waals surface area contributed by atoms with Crippen molar-refractivity contribution in [3.63, 3.8) is 0 Å². The van der Waals surface area contributed by atoms with Gasteiger partial charge in [-0.05, 0) is 25.5 Å². The fourth-order valence-electron chi connectivity index (χ4n) is 0.819. The third kappa shape index (κ3) is 1.59. The second-order valence-electron chi connectivity index (χ2n) is 2.49. The minimum Gasteiger partial charge on any atom is -0.312 e. The lowest BCUT2D eigenvalue weighted by Gasteiger charge is -1.94. The number of hydrogen-bond acceptors (Lipinski definition) is 3. The fourth-order valence-corrected chi connectivity index (χ4v) is 1.81. The maximum absolute atomic E-state index is 8.52. The van der Waals surface area contributed by atoms with Crippen molar-refractivity contribution in [2.24, 2.45) is 5.73 Å². The van der Waals surface area contributed by atoms with E-state index in [0.717, 1.165) is 4.88 Å². The van der Waals surface area contributed by atoms with E-state index in [1.165, 1.54) is 10.4 Å². The molecule has 1 rings (SSSR count). The molecule has 0 saturated heterocycles. The van der Waals surface area contributed by atoms with E-state index in [-0.39, 0.29) is 0 Å². The van der Waals surface area contributed by atoms with Gasteiger partial charge in [0.05, 0.1) is 6.07 Å². The first-order valence-corrected chi connectivity index (χ1v) is 4.19. The van der Waals surface area contributed by atoms with E-state index in [2.05, 4.69) is 0 Å². The van der Waals surface area contributed by atoms with Gasteiger partial charge in [-0.2, -0.15) is 5.26 Å². The highest BCUT2D eigenvalue weighted by Gasteiger charge is 2.08. The molecule has 0 aliphatic rings. The molecule has 0 saturated carbocycles. The van der Waals surface area contributed by atoms with E-state index in [1.807, 2.05) is 26.0 Å². The van der Waals surface area contributed by atoms with Crippen molar-refractivity contribution in [2.45, 2.75) is 19.9 Å². The van der Waals surface area contributed by atoms with Crippen molar-refractivity contribution >= 4 is 11.3 Å². The summed E-state index contributed by atoms with van der Waals surface area (Å²) in [5.74, 6) is 0. The molecule has 2 nitrogen and oxygen atoms in total. The zero-order valence-corrected chi connectivity index (χ0v) is 7.40. The summed E-state index contributed by atoms with van der Waals surface area (Å²) < 4.78 is 0. The van der Waals surface area contributed by atoms with Crippen LogP contribution in [0.2, 0.25) is 0 Å². The van der Waals surface area contributed by atoms with E-state index in [0.29, 0.717) is 0 Å². The molecule has 0 aromatic carbocycles. The third-order valence-corrected chi connectivity index (χ3v) is 2.87. The van der Waals surface area contributed by atoms with Crippen molar-refractivity contribution in [3.8, 4) is 6.07 Å². The zero-order valence-electron chi connectivity index (χ0n) is 6.59. The Hall–Kier alpha value is -0.850. The first-order valence-electron chi connectivity index (χ1n) is 3.37. The number of nitrogens with two attached hydrogens (primary N) is 1. The Morgan fingerprint density at radius 1 is 1.64 bits per heavy atom. The summed E-state index contributed by atoms with van der Waals surface area (Å²) in [5, 5.41) is 8.52. The summed E-state index contributed by atoms with van der Waals surface area (Å²) in [5.41, 5.74) is 6.74. The Labute approximate surface area is 70.3 Å². The molecular formula is C8H10N2S. The Kier molecular flexibility index (Phi) is 2.28. The molecule has 0 amide bonds. The topological polar surface area (TPSA) is 49.8 Å². The van der Waals surface area contributed by atoms with Gasteiger partial charge in [-0.25, -0.2) is 0 Å². The largest absolute Gasteiger partial charge is 0.312 e. The highest BCUT2D eigenvalue weighted by Crippen LogP contribution is 2.24. The lowest BCUT2D eigenvalue weighted by molar-refractivity contribution is 0.950. The molecule has 0 aliphatic carbocycles. The number of hydrogen-bond donors (Lipinski definition) is 1. The molecule has 0 radical (unpaired) electrons. The standard InChI is InChI=1S/C8H10N2S/c1-5-3-8(7(10)4-9)11-6(5)2/h3,7H,10H2,1-2H3. The predicted molar refractivity (Wildman–Crippen MR) is 46.3 cm³/mol. The third-order valence-electron chi connectivity index (χ3n) is 1.63. The SMILES string of the molecule is Cc1cc(C(N)C#N)sc1C. The fraction of sp³-hybridized carbons (Fsp3) is 0.375. The average molecular weight is 166 g/mol. The van der Waals surface area contributed by atoms with Crippen LogP contribution in [0, 0.1) is 25.2 Å². The first-order chi connectivity index (χ1) is 5.15. The molecule has 0 aliphatic heterocycles. The van der Waals surface area contributed by atoms with E-state index < -0.39 is 6.04 Å². The van der Waals surface area contributed by atoms with Crippen molar-refractivity contribution in [1.29, 1.82) is 5.26 Å². The molecule has 58 valence electrons. The minimum absolute atomic E-state index is 0.451. The summed E-state index contributed by atoms with van der Waals surface area (Å²) in [4.78, 5) is 2.20. The molecule has 1 heterocycles. The Balaban J connectivity index is 2.99. The molecule has 1 aromatic heterocycles. The molecule has 2 N–H and O–H groups in total. The maximum atomic E-state index is 8.52. The Morgan fingerprint density at radius 2 is 2.27 bits per heavy atom. The van der Waals surface area contributed by atoms with Gasteiger partial charge in [0, 0.05) is 9.75 Å². The van der Waals surface area contributed by atoms with Crippen LogP contribution in [-0.2, 0) is 0 Å². The van der Waals surface area contributed by atoms with Gasteiger partial charge < -0.3 is 5.73 Å². The molecule has 3 heteroatoms. The molecular weight excluding hydrogens is 156 g/mol. The maximum Gasteiger partial charge on any atom is 0.128 e. The van der Waals surface area contributed by atoms with Crippen LogP contribution >= 0.6 is 11.3 Å². The van der Waals surface area contributed by atoms with Crippen LogP contribution in [-0.4, -0.2) is 0 Å². The van der Waals surface area contributed by atoms with Crippen molar-refractivity contribution in [3.05, 3.63) is 21.4 Å². The van der Waals surface area contributed by atoms with Crippen LogP contribution in [0.5, 0.6) is 0 Å². The zero-order chi connectivity index (χ0) is 8.43. The Morgan fingerprint density at radius 3 is 2.64 bits per heavy atom. The van der Waals surface area contributed by atoms with Crippen LogP contribution in [0.1, 0.15) is 21.4 Å². The van der Waals surface area contributed by atoms with Crippen LogP contribution in [0.15, 0.2) is 6.07 Å². The van der Waals surface area contributed by atoms with Gasteiger partial charge in [0.1, 0.15) is 6.04 Å². The highest BCUT2D eigenvalue weighted by molar-refractivity contribution is 7.12. The number of thiophene rings is 1. The molecule has 0 fully saturated rings. The first kappa shape index (κ1) is 8.25. The second kappa shape index (κ2) is 3.04. The van der Waals surface area contributed by atoms with Gasteiger partial charge >= 0.3 is 0 Å². The van der Waals surface area contributed by atoms with Crippen LogP contribution in [0.4, 0.5) is 0 Å². The summed E-state index contributed by atoms with van der Waals surface area (Å²) in [6.07, 6.45) is 0. The van der Waals surface area contributed by atoms with E-state index in [1.54, 1.807) is 11.3 Å². The number of nitriles is 1. The van der Waals surface area contributed by atoms with Gasteiger partial charge in [-0.3, -0.25) is 0 Å². The molecule has 0 bridgehead atoms. The van der Waals surface area contributed by atoms with Crippen molar-refractivity contribution in [2.75, 3.05) is 0 Å². The monoisotopic (exact) mass is 166 g/mol. The highest BCUT2D eigenvalue weighted by atomic mass is 32.1. The molecule has 1 atom stereocenters. The normalized spacial score (nSPS) is 12.5. The van der Waals surface area contributed by atoms with E-state index in [9.17, 15) is 0 Å². The van der Waals surface area contributed by atoms with Gasteiger partial charge in [-0.1, -0.05) is 0 Å². The van der Waals surface area contributed by atoms with Crippen molar-refractivity contribution < 1.29 is 0 Å².